The second-order valence-corrected chi connectivity index (χ2v) is 8.08. The minimum absolute atomic E-state index is 0.0490. The predicted molar refractivity (Wildman–Crippen MR) is 107 cm³/mol. The molecule has 2 saturated heterocycles. The SMILES string of the molecule is O=C1NCC[C@@H]1CC(c1ccc(F)cc1)N1CC[C@@H](c2ccc(O)cc2)[C@H](F)C1. The van der Waals surface area contributed by atoms with Crippen molar-refractivity contribution < 1.29 is 18.7 Å². The van der Waals surface area contributed by atoms with Crippen LogP contribution >= 0.6 is 0 Å². The van der Waals surface area contributed by atoms with Crippen LogP contribution in [0.3, 0.4) is 0 Å². The molecule has 2 fully saturated rings. The number of hydrogen-bond acceptors (Lipinski definition) is 3. The highest BCUT2D eigenvalue weighted by molar-refractivity contribution is 5.80. The highest BCUT2D eigenvalue weighted by atomic mass is 19.1. The first-order valence-electron chi connectivity index (χ1n) is 10.2. The van der Waals surface area contributed by atoms with Crippen molar-refractivity contribution >= 4 is 5.91 Å². The molecule has 6 heteroatoms. The summed E-state index contributed by atoms with van der Waals surface area (Å²) in [5.41, 5.74) is 1.81. The van der Waals surface area contributed by atoms with E-state index < -0.39 is 6.17 Å². The van der Waals surface area contributed by atoms with E-state index in [-0.39, 0.29) is 41.9 Å². The van der Waals surface area contributed by atoms with E-state index in [2.05, 4.69) is 10.2 Å². The number of phenolic OH excluding ortho intramolecular Hbond substituents is 1. The molecule has 0 spiro atoms. The van der Waals surface area contributed by atoms with Crippen LogP contribution < -0.4 is 5.32 Å². The summed E-state index contributed by atoms with van der Waals surface area (Å²) in [7, 11) is 0. The van der Waals surface area contributed by atoms with E-state index in [1.807, 2.05) is 0 Å². The van der Waals surface area contributed by atoms with Crippen LogP contribution in [0.5, 0.6) is 5.75 Å². The average molecular weight is 400 g/mol. The van der Waals surface area contributed by atoms with E-state index >= 15 is 4.39 Å². The quantitative estimate of drug-likeness (QED) is 0.800. The fourth-order valence-electron chi connectivity index (χ4n) is 4.63. The predicted octanol–water partition coefficient (Wildman–Crippen LogP) is 3.93. The topological polar surface area (TPSA) is 52.6 Å². The van der Waals surface area contributed by atoms with Gasteiger partial charge in [0.15, 0.2) is 0 Å². The van der Waals surface area contributed by atoms with Gasteiger partial charge in [-0.3, -0.25) is 9.69 Å². The smallest absolute Gasteiger partial charge is 0.223 e. The monoisotopic (exact) mass is 400 g/mol. The largest absolute Gasteiger partial charge is 0.508 e. The Hall–Kier alpha value is -2.47. The zero-order valence-corrected chi connectivity index (χ0v) is 16.2. The second kappa shape index (κ2) is 8.49. The molecule has 0 radical (unpaired) electrons. The summed E-state index contributed by atoms with van der Waals surface area (Å²) in [5.74, 6) is -0.394. The Morgan fingerprint density at radius 2 is 1.83 bits per heavy atom. The molecule has 154 valence electrons. The summed E-state index contributed by atoms with van der Waals surface area (Å²) in [6, 6.07) is 13.0. The minimum Gasteiger partial charge on any atom is -0.508 e. The van der Waals surface area contributed by atoms with Crippen LogP contribution in [0, 0.1) is 11.7 Å². The van der Waals surface area contributed by atoms with Gasteiger partial charge in [-0.25, -0.2) is 8.78 Å². The number of nitrogens with one attached hydrogen (secondary N) is 1. The van der Waals surface area contributed by atoms with Crippen LogP contribution in [0.15, 0.2) is 48.5 Å². The number of halogens is 2. The van der Waals surface area contributed by atoms with Crippen molar-refractivity contribution in [2.45, 2.75) is 37.4 Å². The molecule has 4 rings (SSSR count). The van der Waals surface area contributed by atoms with Gasteiger partial charge in [-0.15, -0.1) is 0 Å². The fraction of sp³-hybridized carbons (Fsp3) is 0.435. The Labute approximate surface area is 169 Å². The van der Waals surface area contributed by atoms with Gasteiger partial charge in [-0.1, -0.05) is 24.3 Å². The number of carbonyl (C=O) groups is 1. The van der Waals surface area contributed by atoms with Crippen LogP contribution in [0.25, 0.3) is 0 Å². The molecule has 0 saturated carbocycles. The van der Waals surface area contributed by atoms with Crippen LogP contribution in [0.1, 0.15) is 42.3 Å². The van der Waals surface area contributed by atoms with Gasteiger partial charge in [-0.2, -0.15) is 0 Å². The lowest BCUT2D eigenvalue weighted by molar-refractivity contribution is -0.123. The third-order valence-electron chi connectivity index (χ3n) is 6.26. The molecular formula is C23H26F2N2O2. The maximum atomic E-state index is 15.2. The molecule has 1 amide bonds. The first-order valence-corrected chi connectivity index (χ1v) is 10.2. The molecule has 1 unspecified atom stereocenters. The molecule has 2 aliphatic rings. The lowest BCUT2D eigenvalue weighted by Gasteiger charge is -2.40. The van der Waals surface area contributed by atoms with Crippen LogP contribution in [0.4, 0.5) is 8.78 Å². The summed E-state index contributed by atoms with van der Waals surface area (Å²) >= 11 is 0. The van der Waals surface area contributed by atoms with Crippen molar-refractivity contribution in [3.05, 3.63) is 65.5 Å². The Bertz CT molecular complexity index is 841. The van der Waals surface area contributed by atoms with Crippen molar-refractivity contribution in [3.63, 3.8) is 0 Å². The summed E-state index contributed by atoms with van der Waals surface area (Å²) in [4.78, 5) is 14.2. The summed E-state index contributed by atoms with van der Waals surface area (Å²) < 4.78 is 28.6. The van der Waals surface area contributed by atoms with Crippen molar-refractivity contribution in [1.82, 2.24) is 10.2 Å². The van der Waals surface area contributed by atoms with Crippen molar-refractivity contribution in [2.75, 3.05) is 19.6 Å². The standard InChI is InChI=1S/C23H26F2N2O2/c24-18-5-1-16(2-6-18)22(13-17-9-11-26-23(17)29)27-12-10-20(21(25)14-27)15-3-7-19(28)8-4-15/h1-8,17,20-22,28H,9-14H2,(H,26,29)/t17-,20+,21-,22?/m1/s1. The summed E-state index contributed by atoms with van der Waals surface area (Å²) in [6.07, 6.45) is 0.988. The van der Waals surface area contributed by atoms with Gasteiger partial charge < -0.3 is 10.4 Å². The number of rotatable bonds is 5. The van der Waals surface area contributed by atoms with Gasteiger partial charge in [0, 0.05) is 31.0 Å². The van der Waals surface area contributed by atoms with E-state index in [1.165, 1.54) is 12.1 Å². The van der Waals surface area contributed by atoms with Gasteiger partial charge in [0.2, 0.25) is 5.91 Å². The molecule has 29 heavy (non-hydrogen) atoms. The van der Waals surface area contributed by atoms with E-state index in [0.717, 1.165) is 17.5 Å². The van der Waals surface area contributed by atoms with Crippen LogP contribution in [-0.4, -0.2) is 41.7 Å². The maximum absolute atomic E-state index is 15.2. The normalized spacial score (nSPS) is 26.3. The van der Waals surface area contributed by atoms with Crippen molar-refractivity contribution in [1.29, 1.82) is 0 Å². The lowest BCUT2D eigenvalue weighted by Crippen LogP contribution is -2.43. The first kappa shape index (κ1) is 19.8. The Morgan fingerprint density at radius 1 is 1.10 bits per heavy atom. The number of carbonyl (C=O) groups excluding carboxylic acids is 1. The molecule has 2 N–H and O–H groups in total. The van der Waals surface area contributed by atoms with Gasteiger partial charge in [-0.05, 0) is 61.2 Å². The highest BCUT2D eigenvalue weighted by Crippen LogP contribution is 2.38. The van der Waals surface area contributed by atoms with Crippen LogP contribution in [-0.2, 0) is 4.79 Å². The number of hydrogen-bond donors (Lipinski definition) is 2. The number of amides is 1. The number of piperidine rings is 1. The Balaban J connectivity index is 1.52. The van der Waals surface area contributed by atoms with E-state index in [0.29, 0.717) is 25.9 Å². The first-order chi connectivity index (χ1) is 14.0. The molecule has 0 aliphatic carbocycles. The number of phenols is 1. The molecule has 4 nitrogen and oxygen atoms in total. The van der Waals surface area contributed by atoms with Gasteiger partial charge in [0.05, 0.1) is 0 Å². The Kier molecular flexibility index (Phi) is 5.81. The van der Waals surface area contributed by atoms with Crippen LogP contribution in [0.2, 0.25) is 0 Å². The minimum atomic E-state index is -1.05. The van der Waals surface area contributed by atoms with Crippen molar-refractivity contribution in [2.24, 2.45) is 5.92 Å². The number of likely N-dealkylation sites (tertiary alicyclic amines) is 1. The number of benzene rings is 2. The van der Waals surface area contributed by atoms with Gasteiger partial charge in [0.25, 0.3) is 0 Å². The molecule has 2 aromatic carbocycles. The Morgan fingerprint density at radius 3 is 2.45 bits per heavy atom. The van der Waals surface area contributed by atoms with Crippen molar-refractivity contribution in [3.8, 4) is 5.75 Å². The van der Waals surface area contributed by atoms with E-state index in [9.17, 15) is 14.3 Å². The second-order valence-electron chi connectivity index (χ2n) is 8.08. The molecule has 2 aliphatic heterocycles. The highest BCUT2D eigenvalue weighted by Gasteiger charge is 2.36. The summed E-state index contributed by atoms with van der Waals surface area (Å²) in [5, 5.41) is 12.3. The molecule has 2 heterocycles. The number of nitrogens with zero attached hydrogens (tertiary/aromatic N) is 1. The number of aromatic hydroxyl groups is 1. The fourth-order valence-corrected chi connectivity index (χ4v) is 4.63. The molecular weight excluding hydrogens is 374 g/mol. The third kappa shape index (κ3) is 4.42. The molecule has 2 aromatic rings. The zero-order chi connectivity index (χ0) is 20.4. The number of alkyl halides is 1. The average Bonchev–Trinajstić information content (AvgIpc) is 3.12. The van der Waals surface area contributed by atoms with Gasteiger partial charge >= 0.3 is 0 Å². The lowest BCUT2D eigenvalue weighted by atomic mass is 9.85. The molecule has 0 bridgehead atoms. The zero-order valence-electron chi connectivity index (χ0n) is 16.2. The summed E-state index contributed by atoms with van der Waals surface area (Å²) in [6.45, 7) is 1.64. The van der Waals surface area contributed by atoms with E-state index in [1.54, 1.807) is 36.4 Å². The third-order valence-corrected chi connectivity index (χ3v) is 6.26. The molecule has 4 atom stereocenters. The molecule has 0 aromatic heterocycles. The van der Waals surface area contributed by atoms with E-state index in [4.69, 9.17) is 0 Å². The van der Waals surface area contributed by atoms with Gasteiger partial charge in [0.1, 0.15) is 17.7 Å². The maximum Gasteiger partial charge on any atom is 0.223 e.